The fourth-order valence-corrected chi connectivity index (χ4v) is 1.64. The first-order chi connectivity index (χ1) is 6.92. The molecule has 0 aliphatic rings. The molecular formula is C12H17ClO2. The van der Waals surface area contributed by atoms with Gasteiger partial charge in [-0.25, -0.2) is 0 Å². The zero-order valence-corrected chi connectivity index (χ0v) is 10.1. The normalized spacial score (nSPS) is 11.5. The lowest BCUT2D eigenvalue weighted by molar-refractivity contribution is 0.0801. The van der Waals surface area contributed by atoms with Crippen molar-refractivity contribution in [2.24, 2.45) is 0 Å². The minimum Gasteiger partial charge on any atom is -0.494 e. The molecule has 0 aliphatic carbocycles. The van der Waals surface area contributed by atoms with E-state index in [1.807, 2.05) is 19.1 Å². The number of hydrogen-bond acceptors (Lipinski definition) is 2. The molecule has 0 saturated heterocycles. The fourth-order valence-electron chi connectivity index (χ4n) is 1.45. The Labute approximate surface area is 95.8 Å². The Kier molecular flexibility index (Phi) is 4.00. The molecule has 0 heterocycles. The number of rotatable bonds is 4. The van der Waals surface area contributed by atoms with E-state index in [0.717, 1.165) is 11.3 Å². The third-order valence-corrected chi connectivity index (χ3v) is 2.18. The van der Waals surface area contributed by atoms with Gasteiger partial charge in [-0.15, -0.1) is 0 Å². The van der Waals surface area contributed by atoms with Crippen LogP contribution in [0.5, 0.6) is 5.75 Å². The van der Waals surface area contributed by atoms with Crippen LogP contribution in [-0.2, 0) is 6.42 Å². The lowest BCUT2D eigenvalue weighted by atomic mass is 9.98. The Hall–Kier alpha value is -0.730. The summed E-state index contributed by atoms with van der Waals surface area (Å²) in [5.74, 6) is 0.795. The van der Waals surface area contributed by atoms with Gasteiger partial charge in [-0.2, -0.15) is 0 Å². The van der Waals surface area contributed by atoms with Crippen LogP contribution in [0.2, 0.25) is 5.02 Å². The lowest BCUT2D eigenvalue weighted by Gasteiger charge is -2.19. The van der Waals surface area contributed by atoms with Crippen molar-refractivity contribution < 1.29 is 9.84 Å². The van der Waals surface area contributed by atoms with Crippen molar-refractivity contribution in [3.05, 3.63) is 28.8 Å². The van der Waals surface area contributed by atoms with Gasteiger partial charge in [-0.3, -0.25) is 0 Å². The topological polar surface area (TPSA) is 29.5 Å². The fraction of sp³-hybridized carbons (Fsp3) is 0.500. The Morgan fingerprint density at radius 3 is 2.60 bits per heavy atom. The molecule has 1 aromatic carbocycles. The Morgan fingerprint density at radius 1 is 1.40 bits per heavy atom. The lowest BCUT2D eigenvalue weighted by Crippen LogP contribution is -2.22. The molecule has 1 N–H and O–H groups in total. The van der Waals surface area contributed by atoms with Crippen LogP contribution in [0.15, 0.2) is 18.2 Å². The van der Waals surface area contributed by atoms with Crippen molar-refractivity contribution in [3.8, 4) is 5.75 Å². The monoisotopic (exact) mass is 228 g/mol. The van der Waals surface area contributed by atoms with Gasteiger partial charge >= 0.3 is 0 Å². The van der Waals surface area contributed by atoms with Crippen LogP contribution in [0.25, 0.3) is 0 Å². The van der Waals surface area contributed by atoms with Gasteiger partial charge in [0.1, 0.15) is 5.75 Å². The van der Waals surface area contributed by atoms with E-state index in [1.165, 1.54) is 0 Å². The van der Waals surface area contributed by atoms with Crippen LogP contribution < -0.4 is 4.74 Å². The molecule has 2 nitrogen and oxygen atoms in total. The summed E-state index contributed by atoms with van der Waals surface area (Å²) in [4.78, 5) is 0. The van der Waals surface area contributed by atoms with E-state index >= 15 is 0 Å². The maximum absolute atomic E-state index is 9.76. The van der Waals surface area contributed by atoms with Crippen molar-refractivity contribution in [3.63, 3.8) is 0 Å². The van der Waals surface area contributed by atoms with Gasteiger partial charge in [0.05, 0.1) is 12.2 Å². The first kappa shape index (κ1) is 12.3. The van der Waals surface area contributed by atoms with Crippen LogP contribution in [0.3, 0.4) is 0 Å². The van der Waals surface area contributed by atoms with E-state index in [-0.39, 0.29) is 0 Å². The minimum absolute atomic E-state index is 0.531. The highest BCUT2D eigenvalue weighted by Crippen LogP contribution is 2.26. The summed E-state index contributed by atoms with van der Waals surface area (Å²) >= 11 is 5.91. The van der Waals surface area contributed by atoms with Crippen molar-refractivity contribution >= 4 is 11.6 Å². The predicted molar refractivity (Wildman–Crippen MR) is 62.6 cm³/mol. The van der Waals surface area contributed by atoms with Crippen LogP contribution in [0.4, 0.5) is 0 Å². The molecule has 0 amide bonds. The van der Waals surface area contributed by atoms with E-state index in [0.29, 0.717) is 18.1 Å². The average molecular weight is 229 g/mol. The molecule has 0 radical (unpaired) electrons. The summed E-state index contributed by atoms with van der Waals surface area (Å²) in [7, 11) is 0. The number of benzene rings is 1. The van der Waals surface area contributed by atoms with Gasteiger partial charge < -0.3 is 9.84 Å². The van der Waals surface area contributed by atoms with Crippen molar-refractivity contribution in [2.75, 3.05) is 6.61 Å². The van der Waals surface area contributed by atoms with Gasteiger partial charge in [-0.1, -0.05) is 11.6 Å². The molecule has 0 saturated carbocycles. The Bertz CT molecular complexity index is 329. The summed E-state index contributed by atoms with van der Waals surface area (Å²) < 4.78 is 5.47. The molecule has 0 atom stereocenters. The second-order valence-electron chi connectivity index (χ2n) is 4.17. The van der Waals surface area contributed by atoms with Gasteiger partial charge in [-0.05, 0) is 44.5 Å². The van der Waals surface area contributed by atoms with Gasteiger partial charge in [0, 0.05) is 11.4 Å². The molecule has 0 aliphatic heterocycles. The first-order valence-corrected chi connectivity index (χ1v) is 5.44. The maximum atomic E-state index is 9.76. The highest BCUT2D eigenvalue weighted by atomic mass is 35.5. The molecule has 0 spiro atoms. The molecule has 15 heavy (non-hydrogen) atoms. The first-order valence-electron chi connectivity index (χ1n) is 5.06. The molecule has 84 valence electrons. The molecule has 3 heteroatoms. The smallest absolute Gasteiger partial charge is 0.122 e. The Morgan fingerprint density at radius 2 is 2.07 bits per heavy atom. The van der Waals surface area contributed by atoms with E-state index in [9.17, 15) is 5.11 Å². The van der Waals surface area contributed by atoms with Crippen LogP contribution in [-0.4, -0.2) is 17.3 Å². The van der Waals surface area contributed by atoms with Crippen LogP contribution >= 0.6 is 11.6 Å². The number of aliphatic hydroxyl groups is 1. The average Bonchev–Trinajstić information content (AvgIpc) is 2.07. The third kappa shape index (κ3) is 4.10. The quantitative estimate of drug-likeness (QED) is 0.859. The summed E-state index contributed by atoms with van der Waals surface area (Å²) in [6, 6.07) is 5.47. The molecular weight excluding hydrogens is 212 g/mol. The van der Waals surface area contributed by atoms with E-state index < -0.39 is 5.60 Å². The van der Waals surface area contributed by atoms with Gasteiger partial charge in [0.25, 0.3) is 0 Å². The SMILES string of the molecule is CCOc1ccc(Cl)cc1CC(C)(C)O. The molecule has 1 aromatic rings. The minimum atomic E-state index is -0.753. The molecule has 0 fully saturated rings. The second kappa shape index (κ2) is 4.86. The summed E-state index contributed by atoms with van der Waals surface area (Å²) in [6.45, 7) is 6.08. The third-order valence-electron chi connectivity index (χ3n) is 1.95. The van der Waals surface area contributed by atoms with E-state index in [4.69, 9.17) is 16.3 Å². The van der Waals surface area contributed by atoms with Crippen molar-refractivity contribution in [2.45, 2.75) is 32.8 Å². The number of hydrogen-bond donors (Lipinski definition) is 1. The zero-order valence-electron chi connectivity index (χ0n) is 9.38. The number of ether oxygens (including phenoxy) is 1. The summed E-state index contributed by atoms with van der Waals surface area (Å²) in [5, 5.41) is 10.4. The van der Waals surface area contributed by atoms with Gasteiger partial charge in [0.2, 0.25) is 0 Å². The maximum Gasteiger partial charge on any atom is 0.122 e. The summed E-state index contributed by atoms with van der Waals surface area (Å²) in [5.41, 5.74) is 0.188. The van der Waals surface area contributed by atoms with Crippen LogP contribution in [0, 0.1) is 0 Å². The largest absolute Gasteiger partial charge is 0.494 e. The molecule has 0 unspecified atom stereocenters. The van der Waals surface area contributed by atoms with Crippen LogP contribution in [0.1, 0.15) is 26.3 Å². The second-order valence-corrected chi connectivity index (χ2v) is 4.61. The molecule has 0 aromatic heterocycles. The highest BCUT2D eigenvalue weighted by molar-refractivity contribution is 6.30. The Balaban J connectivity index is 2.96. The van der Waals surface area contributed by atoms with Gasteiger partial charge in [0.15, 0.2) is 0 Å². The predicted octanol–water partition coefficient (Wildman–Crippen LogP) is 3.05. The number of halogens is 1. The highest BCUT2D eigenvalue weighted by Gasteiger charge is 2.16. The van der Waals surface area contributed by atoms with Crippen molar-refractivity contribution in [1.82, 2.24) is 0 Å². The standard InChI is InChI=1S/C12H17ClO2/c1-4-15-11-6-5-10(13)7-9(11)8-12(2,3)14/h5-7,14H,4,8H2,1-3H3. The molecule has 0 bridgehead atoms. The molecule has 1 rings (SSSR count). The van der Waals surface area contributed by atoms with E-state index in [1.54, 1.807) is 19.9 Å². The summed E-state index contributed by atoms with van der Waals surface area (Å²) in [6.07, 6.45) is 0.531. The van der Waals surface area contributed by atoms with Crippen molar-refractivity contribution in [1.29, 1.82) is 0 Å². The van der Waals surface area contributed by atoms with E-state index in [2.05, 4.69) is 0 Å². The zero-order chi connectivity index (χ0) is 11.5.